The topological polar surface area (TPSA) is 57.0 Å². The molecule has 0 aromatic carbocycles. The Labute approximate surface area is 49.0 Å². The Morgan fingerprint density at radius 1 is 0.750 bits per heavy atom. The first kappa shape index (κ1) is 69.7. The molecule has 0 N–H and O–H groups in total. The van der Waals surface area contributed by atoms with Crippen molar-refractivity contribution in [3.05, 3.63) is 0 Å². The van der Waals surface area contributed by atoms with Gasteiger partial charge in [-0.05, 0) is 0 Å². The maximum atomic E-state index is 0. The summed E-state index contributed by atoms with van der Waals surface area (Å²) in [4.78, 5) is 0. The molecular formula is CoO2Pt. The molecule has 0 atom stereocenters. The van der Waals surface area contributed by atoms with Crippen molar-refractivity contribution < 1.29 is 48.8 Å². The normalized spacial score (nSPS) is 0. The van der Waals surface area contributed by atoms with E-state index in [9.17, 15) is 0 Å². The minimum atomic E-state index is 0. The smallest absolute Gasteiger partial charge is 2.00 e. The Morgan fingerprint density at radius 2 is 0.750 bits per heavy atom. The summed E-state index contributed by atoms with van der Waals surface area (Å²) >= 11 is 0. The van der Waals surface area contributed by atoms with Crippen LogP contribution in [-0.4, -0.2) is 0 Å². The van der Waals surface area contributed by atoms with E-state index in [2.05, 4.69) is 0 Å². The fourth-order valence-corrected chi connectivity index (χ4v) is 0. The van der Waals surface area contributed by atoms with Gasteiger partial charge in [-0.25, -0.2) is 0 Å². The average Bonchev–Trinajstić information content (AvgIpc) is 0. The van der Waals surface area contributed by atoms with E-state index >= 15 is 0 Å². The van der Waals surface area contributed by atoms with Crippen molar-refractivity contribution in [1.82, 2.24) is 0 Å². The SMILES string of the molecule is [Co].[O-2].[O-2].[Pt+4]. The maximum absolute atomic E-state index is 0. The quantitative estimate of drug-likeness (QED) is 0.590. The first-order valence-electron chi connectivity index (χ1n) is 0. The fraction of sp³-hybridized carbons (Fsp3) is 0. The Morgan fingerprint density at radius 3 is 0.750 bits per heavy atom. The van der Waals surface area contributed by atoms with Crippen molar-refractivity contribution in [2.75, 3.05) is 0 Å². The standard InChI is InChI=1S/Co.2O.Pt/q;2*-2;+4. The third kappa shape index (κ3) is 11.2. The molecule has 0 saturated heterocycles. The van der Waals surface area contributed by atoms with Gasteiger partial charge in [0.1, 0.15) is 0 Å². The fourth-order valence-electron chi connectivity index (χ4n) is 0. The first-order valence-corrected chi connectivity index (χ1v) is 0. The second-order valence-electron chi connectivity index (χ2n) is 0. The van der Waals surface area contributed by atoms with E-state index in [-0.39, 0.29) is 48.8 Å². The van der Waals surface area contributed by atoms with Gasteiger partial charge in [0.2, 0.25) is 0 Å². The molecule has 0 aromatic heterocycles. The van der Waals surface area contributed by atoms with Gasteiger partial charge in [0.25, 0.3) is 0 Å². The van der Waals surface area contributed by atoms with Gasteiger partial charge in [0, 0.05) is 16.8 Å². The van der Waals surface area contributed by atoms with E-state index in [1.54, 1.807) is 0 Å². The molecule has 0 fully saturated rings. The molecule has 0 aromatic rings. The van der Waals surface area contributed by atoms with Crippen LogP contribution in [0.15, 0.2) is 0 Å². The minimum absolute atomic E-state index is 0. The average molecular weight is 286 g/mol. The van der Waals surface area contributed by atoms with Crippen LogP contribution in [0.4, 0.5) is 0 Å². The molecule has 2 nitrogen and oxygen atoms in total. The molecule has 0 aliphatic heterocycles. The van der Waals surface area contributed by atoms with Gasteiger partial charge in [-0.15, -0.1) is 0 Å². The van der Waals surface area contributed by atoms with Gasteiger partial charge in [0.05, 0.1) is 0 Å². The molecule has 0 spiro atoms. The molecule has 0 heterocycles. The molecule has 0 rings (SSSR count). The largest absolute Gasteiger partial charge is 4.00 e. The maximum Gasteiger partial charge on any atom is 4.00 e. The Bertz CT molecular complexity index is 6.00. The van der Waals surface area contributed by atoms with Crippen LogP contribution in [0.2, 0.25) is 0 Å². The van der Waals surface area contributed by atoms with Crippen LogP contribution in [0.5, 0.6) is 0 Å². The van der Waals surface area contributed by atoms with Crippen LogP contribution in [0.1, 0.15) is 0 Å². The second-order valence-corrected chi connectivity index (χ2v) is 0. The van der Waals surface area contributed by atoms with E-state index in [0.29, 0.717) is 0 Å². The summed E-state index contributed by atoms with van der Waals surface area (Å²) in [5.41, 5.74) is 0. The van der Waals surface area contributed by atoms with Crippen molar-refractivity contribution >= 4 is 0 Å². The molecule has 0 aliphatic carbocycles. The van der Waals surface area contributed by atoms with Crippen LogP contribution in [-0.2, 0) is 48.8 Å². The summed E-state index contributed by atoms with van der Waals surface area (Å²) in [6.07, 6.45) is 0. The van der Waals surface area contributed by atoms with Crippen molar-refractivity contribution in [2.45, 2.75) is 0 Å². The predicted octanol–water partition coefficient (Wildman–Crippen LogP) is -0.243. The number of rotatable bonds is 0. The predicted molar refractivity (Wildman–Crippen MR) is 1.37 cm³/mol. The van der Waals surface area contributed by atoms with Crippen LogP contribution >= 0.6 is 0 Å². The van der Waals surface area contributed by atoms with Gasteiger partial charge in [-0.1, -0.05) is 0 Å². The number of hydrogen-bond donors (Lipinski definition) is 0. The molecular weight excluding hydrogens is 286 g/mol. The van der Waals surface area contributed by atoms with E-state index in [1.165, 1.54) is 0 Å². The van der Waals surface area contributed by atoms with Crippen LogP contribution in [0.3, 0.4) is 0 Å². The van der Waals surface area contributed by atoms with Gasteiger partial charge in [0.15, 0.2) is 0 Å². The molecule has 4 heteroatoms. The van der Waals surface area contributed by atoms with Gasteiger partial charge in [-0.3, -0.25) is 0 Å². The Balaban J connectivity index is 0. The van der Waals surface area contributed by atoms with Crippen molar-refractivity contribution in [3.63, 3.8) is 0 Å². The van der Waals surface area contributed by atoms with Gasteiger partial charge < -0.3 is 11.0 Å². The summed E-state index contributed by atoms with van der Waals surface area (Å²) in [5.74, 6) is 0. The van der Waals surface area contributed by atoms with Crippen LogP contribution < -0.4 is 0 Å². The minimum Gasteiger partial charge on any atom is -2.00 e. The van der Waals surface area contributed by atoms with Crippen LogP contribution in [0.25, 0.3) is 0 Å². The summed E-state index contributed by atoms with van der Waals surface area (Å²) < 4.78 is 0. The van der Waals surface area contributed by atoms with Crippen molar-refractivity contribution in [2.24, 2.45) is 0 Å². The van der Waals surface area contributed by atoms with E-state index in [1.807, 2.05) is 0 Å². The van der Waals surface area contributed by atoms with E-state index in [4.69, 9.17) is 0 Å². The van der Waals surface area contributed by atoms with Crippen molar-refractivity contribution in [1.29, 1.82) is 0 Å². The molecule has 0 amide bonds. The zero-order valence-electron chi connectivity index (χ0n) is 1.47. The summed E-state index contributed by atoms with van der Waals surface area (Å²) in [6.45, 7) is 0. The van der Waals surface area contributed by atoms with E-state index in [0.717, 1.165) is 0 Å². The summed E-state index contributed by atoms with van der Waals surface area (Å²) in [5, 5.41) is 0. The molecule has 0 bridgehead atoms. The first-order chi connectivity index (χ1) is 0. The molecule has 0 saturated carbocycles. The zero-order valence-corrected chi connectivity index (χ0v) is 4.78. The summed E-state index contributed by atoms with van der Waals surface area (Å²) in [6, 6.07) is 0. The molecule has 0 unspecified atom stereocenters. The third-order valence-electron chi connectivity index (χ3n) is 0. The zero-order chi connectivity index (χ0) is 0. The third-order valence-corrected chi connectivity index (χ3v) is 0. The van der Waals surface area contributed by atoms with Crippen molar-refractivity contribution in [3.8, 4) is 0 Å². The van der Waals surface area contributed by atoms with Crippen LogP contribution in [0, 0.1) is 0 Å². The van der Waals surface area contributed by atoms with E-state index < -0.39 is 0 Å². The Hall–Kier alpha value is 1.11. The molecule has 0 aliphatic rings. The summed E-state index contributed by atoms with van der Waals surface area (Å²) in [7, 11) is 0. The Kier molecular flexibility index (Phi) is 560. The molecule has 31 valence electrons. The number of hydrogen-bond acceptors (Lipinski definition) is 0. The second kappa shape index (κ2) is 32.1. The monoisotopic (exact) mass is 286 g/mol. The van der Waals surface area contributed by atoms with Gasteiger partial charge >= 0.3 is 21.1 Å². The van der Waals surface area contributed by atoms with Gasteiger partial charge in [-0.2, -0.15) is 0 Å². The molecule has 4 heavy (non-hydrogen) atoms. The molecule has 1 radical (unpaired) electrons.